The van der Waals surface area contributed by atoms with Crippen molar-refractivity contribution in [2.45, 2.75) is 25.3 Å². The first-order chi connectivity index (χ1) is 16.9. The van der Waals surface area contributed by atoms with E-state index in [-0.39, 0.29) is 29.8 Å². The first-order valence-corrected chi connectivity index (χ1v) is 11.5. The van der Waals surface area contributed by atoms with Crippen molar-refractivity contribution in [3.8, 4) is 11.1 Å². The fourth-order valence-corrected chi connectivity index (χ4v) is 5.21. The highest BCUT2D eigenvalue weighted by Crippen LogP contribution is 2.44. The Labute approximate surface area is 202 Å². The summed E-state index contributed by atoms with van der Waals surface area (Å²) in [5.74, 6) is -1.79. The first-order valence-electron chi connectivity index (χ1n) is 11.5. The van der Waals surface area contributed by atoms with Crippen LogP contribution in [0.25, 0.3) is 11.1 Å². The normalized spacial score (nSPS) is 18.7. The van der Waals surface area contributed by atoms with E-state index in [9.17, 15) is 19.5 Å². The SMILES string of the molecule is CC1CCN(C(=O)c2c(NC(=O)OCC3c4ccccc4-c4ccccc43)cnn2C)C1C(=O)O. The molecule has 3 aromatic rings. The third-order valence-electron chi connectivity index (χ3n) is 6.94. The van der Waals surface area contributed by atoms with E-state index in [1.807, 2.05) is 43.3 Å². The summed E-state index contributed by atoms with van der Waals surface area (Å²) in [4.78, 5) is 39.0. The van der Waals surface area contributed by atoms with Crippen molar-refractivity contribution in [1.82, 2.24) is 14.7 Å². The molecule has 1 fully saturated rings. The van der Waals surface area contributed by atoms with Crippen LogP contribution >= 0.6 is 0 Å². The van der Waals surface area contributed by atoms with Gasteiger partial charge in [0.25, 0.3) is 5.91 Å². The van der Waals surface area contributed by atoms with Gasteiger partial charge in [-0.3, -0.25) is 14.8 Å². The predicted molar refractivity (Wildman–Crippen MR) is 128 cm³/mol. The molecule has 1 saturated heterocycles. The number of benzene rings is 2. The molecule has 9 heteroatoms. The Morgan fingerprint density at radius 2 is 1.71 bits per heavy atom. The minimum atomic E-state index is -1.04. The van der Waals surface area contributed by atoms with Crippen LogP contribution in [-0.2, 0) is 16.6 Å². The number of anilines is 1. The van der Waals surface area contributed by atoms with Crippen LogP contribution < -0.4 is 5.32 Å². The number of hydrogen-bond acceptors (Lipinski definition) is 5. The second-order valence-electron chi connectivity index (χ2n) is 9.03. The molecule has 1 aromatic heterocycles. The van der Waals surface area contributed by atoms with Gasteiger partial charge in [-0.15, -0.1) is 0 Å². The molecule has 2 heterocycles. The maximum absolute atomic E-state index is 13.2. The molecule has 0 spiro atoms. The minimum absolute atomic E-state index is 0.0921. The summed E-state index contributed by atoms with van der Waals surface area (Å²) in [6.07, 6.45) is 1.25. The van der Waals surface area contributed by atoms with Crippen LogP contribution in [0.1, 0.15) is 40.9 Å². The number of amides is 2. The van der Waals surface area contributed by atoms with Gasteiger partial charge in [0, 0.05) is 19.5 Å². The Bertz CT molecular complexity index is 1270. The van der Waals surface area contributed by atoms with Crippen LogP contribution in [0, 0.1) is 5.92 Å². The summed E-state index contributed by atoms with van der Waals surface area (Å²) in [7, 11) is 1.57. The number of carbonyl (C=O) groups excluding carboxylic acids is 2. The van der Waals surface area contributed by atoms with Crippen molar-refractivity contribution < 1.29 is 24.2 Å². The fourth-order valence-electron chi connectivity index (χ4n) is 5.21. The molecule has 0 radical (unpaired) electrons. The quantitative estimate of drug-likeness (QED) is 0.583. The smallest absolute Gasteiger partial charge is 0.411 e. The molecule has 1 aliphatic heterocycles. The van der Waals surface area contributed by atoms with Crippen LogP contribution in [0.3, 0.4) is 0 Å². The number of likely N-dealkylation sites (tertiary alicyclic amines) is 1. The van der Waals surface area contributed by atoms with Crippen molar-refractivity contribution in [1.29, 1.82) is 0 Å². The lowest BCUT2D eigenvalue weighted by molar-refractivity contribution is -0.142. The first kappa shape index (κ1) is 22.6. The molecule has 9 nitrogen and oxygen atoms in total. The molecule has 35 heavy (non-hydrogen) atoms. The van der Waals surface area contributed by atoms with Gasteiger partial charge in [-0.05, 0) is 34.6 Å². The van der Waals surface area contributed by atoms with E-state index < -0.39 is 24.0 Å². The molecule has 5 rings (SSSR count). The fraction of sp³-hybridized carbons (Fsp3) is 0.308. The number of nitrogens with zero attached hydrogens (tertiary/aromatic N) is 3. The van der Waals surface area contributed by atoms with Gasteiger partial charge in [0.1, 0.15) is 18.3 Å². The zero-order valence-electron chi connectivity index (χ0n) is 19.5. The molecule has 180 valence electrons. The number of carboxylic acids is 1. The number of rotatable bonds is 5. The average molecular weight is 475 g/mol. The molecule has 2 N–H and O–H groups in total. The lowest BCUT2D eigenvalue weighted by atomic mass is 9.98. The van der Waals surface area contributed by atoms with Crippen molar-refractivity contribution >= 4 is 23.7 Å². The largest absolute Gasteiger partial charge is 0.480 e. The van der Waals surface area contributed by atoms with Gasteiger partial charge in [-0.1, -0.05) is 55.5 Å². The Hall–Kier alpha value is -4.14. The predicted octanol–water partition coefficient (Wildman–Crippen LogP) is 3.72. The summed E-state index contributed by atoms with van der Waals surface area (Å²) in [6.45, 7) is 2.27. The van der Waals surface area contributed by atoms with Crippen molar-refractivity contribution in [3.63, 3.8) is 0 Å². The number of carboxylic acid groups (broad SMARTS) is 1. The summed E-state index contributed by atoms with van der Waals surface area (Å²) in [5.41, 5.74) is 4.75. The van der Waals surface area contributed by atoms with Crippen LogP contribution in [0.4, 0.5) is 10.5 Å². The lowest BCUT2D eigenvalue weighted by Crippen LogP contribution is -2.43. The van der Waals surface area contributed by atoms with Crippen LogP contribution in [0.5, 0.6) is 0 Å². The van der Waals surface area contributed by atoms with E-state index in [0.717, 1.165) is 22.3 Å². The number of carbonyl (C=O) groups is 3. The third-order valence-corrected chi connectivity index (χ3v) is 6.94. The molecule has 2 aromatic carbocycles. The molecule has 0 bridgehead atoms. The molecular weight excluding hydrogens is 448 g/mol. The number of fused-ring (bicyclic) bond motifs is 3. The highest BCUT2D eigenvalue weighted by molar-refractivity contribution is 6.02. The standard InChI is InChI=1S/C26H26N4O5/c1-15-11-12-30(22(15)25(32)33)24(31)23-21(13-27-29(23)2)28-26(34)35-14-20-18-9-5-3-7-16(18)17-8-4-6-10-19(17)20/h3-10,13,15,20,22H,11-12,14H2,1-2H3,(H,28,34)(H,32,33). The van der Waals surface area contributed by atoms with Crippen molar-refractivity contribution in [3.05, 3.63) is 71.5 Å². The minimum Gasteiger partial charge on any atom is -0.480 e. The second-order valence-corrected chi connectivity index (χ2v) is 9.03. The number of nitrogens with one attached hydrogen (secondary N) is 1. The monoisotopic (exact) mass is 474 g/mol. The Morgan fingerprint density at radius 3 is 2.34 bits per heavy atom. The molecule has 2 atom stereocenters. The lowest BCUT2D eigenvalue weighted by Gasteiger charge is -2.23. The van der Waals surface area contributed by atoms with Gasteiger partial charge < -0.3 is 14.7 Å². The van der Waals surface area contributed by atoms with Crippen LogP contribution in [0.2, 0.25) is 0 Å². The van der Waals surface area contributed by atoms with Crippen LogP contribution in [0.15, 0.2) is 54.7 Å². The van der Waals surface area contributed by atoms with Crippen LogP contribution in [-0.4, -0.2) is 57.0 Å². The van der Waals surface area contributed by atoms with E-state index in [1.54, 1.807) is 7.05 Å². The zero-order valence-corrected chi connectivity index (χ0v) is 19.5. The topological polar surface area (TPSA) is 114 Å². The average Bonchev–Trinajstić information content (AvgIpc) is 3.51. The molecular formula is C26H26N4O5. The van der Waals surface area contributed by atoms with E-state index in [2.05, 4.69) is 22.5 Å². The van der Waals surface area contributed by atoms with Gasteiger partial charge in [0.15, 0.2) is 0 Å². The number of aryl methyl sites for hydroxylation is 1. The molecule has 0 saturated carbocycles. The number of hydrogen-bond donors (Lipinski definition) is 2. The number of aliphatic carboxylic acids is 1. The maximum Gasteiger partial charge on any atom is 0.411 e. The highest BCUT2D eigenvalue weighted by Gasteiger charge is 2.41. The molecule has 2 aliphatic rings. The van der Waals surface area contributed by atoms with Gasteiger partial charge in [-0.25, -0.2) is 9.59 Å². The van der Waals surface area contributed by atoms with Gasteiger partial charge in [0.2, 0.25) is 0 Å². The zero-order chi connectivity index (χ0) is 24.7. The van der Waals surface area contributed by atoms with Crippen molar-refractivity contribution in [2.75, 3.05) is 18.5 Å². The Balaban J connectivity index is 1.31. The maximum atomic E-state index is 13.2. The summed E-state index contributed by atoms with van der Waals surface area (Å²) < 4.78 is 6.92. The summed E-state index contributed by atoms with van der Waals surface area (Å²) in [6, 6.07) is 15.2. The number of aromatic nitrogens is 2. The van der Waals surface area contributed by atoms with Gasteiger partial charge >= 0.3 is 12.1 Å². The molecule has 1 aliphatic carbocycles. The number of ether oxygens (including phenoxy) is 1. The Morgan fingerprint density at radius 1 is 1.09 bits per heavy atom. The second kappa shape index (κ2) is 8.90. The molecule has 2 unspecified atom stereocenters. The van der Waals surface area contributed by atoms with Gasteiger partial charge in [0.05, 0.1) is 11.9 Å². The van der Waals surface area contributed by atoms with E-state index in [4.69, 9.17) is 4.74 Å². The van der Waals surface area contributed by atoms with Gasteiger partial charge in [-0.2, -0.15) is 5.10 Å². The van der Waals surface area contributed by atoms with E-state index >= 15 is 0 Å². The summed E-state index contributed by atoms with van der Waals surface area (Å²) in [5, 5.41) is 16.3. The molecule has 2 amide bonds. The van der Waals surface area contributed by atoms with E-state index in [0.29, 0.717) is 13.0 Å². The Kier molecular flexibility index (Phi) is 5.76. The van der Waals surface area contributed by atoms with Crippen molar-refractivity contribution in [2.24, 2.45) is 13.0 Å². The summed E-state index contributed by atoms with van der Waals surface area (Å²) >= 11 is 0. The van der Waals surface area contributed by atoms with E-state index in [1.165, 1.54) is 15.8 Å². The third kappa shape index (κ3) is 3.92. The highest BCUT2D eigenvalue weighted by atomic mass is 16.5.